The Hall–Kier alpha value is -1.85. The van der Waals surface area contributed by atoms with Gasteiger partial charge in [0.25, 0.3) is 0 Å². The summed E-state index contributed by atoms with van der Waals surface area (Å²) < 4.78 is 0. The minimum Gasteiger partial charge on any atom is -0.383 e. The van der Waals surface area contributed by atoms with Crippen molar-refractivity contribution in [2.45, 2.75) is 33.2 Å². The summed E-state index contributed by atoms with van der Waals surface area (Å²) in [5.41, 5.74) is 6.15. The number of nitrogen functional groups attached to an aromatic ring is 1. The molecule has 0 radical (unpaired) electrons. The number of aromatic nitrogens is 2. The molecule has 1 aromatic heterocycles. The zero-order valence-electron chi connectivity index (χ0n) is 10.7. The van der Waals surface area contributed by atoms with Crippen LogP contribution in [0.25, 0.3) is 0 Å². The molecule has 0 saturated heterocycles. The Morgan fingerprint density at radius 3 is 2.65 bits per heavy atom. The second-order valence-electron chi connectivity index (χ2n) is 4.88. The van der Waals surface area contributed by atoms with Crippen LogP contribution in [0.5, 0.6) is 0 Å². The molecule has 94 valence electrons. The average molecular weight is 237 g/mol. The normalized spacial score (nSPS) is 11.1. The van der Waals surface area contributed by atoms with Gasteiger partial charge in [0, 0.05) is 11.1 Å². The number of nitrogens with one attached hydrogen (secondary N) is 2. The first-order chi connectivity index (χ1) is 7.79. The summed E-state index contributed by atoms with van der Waals surface area (Å²) in [5.74, 6) is 0.911. The molecule has 0 fully saturated rings. The number of nitrogens with zero attached hydrogens (tertiary/aromatic N) is 2. The van der Waals surface area contributed by atoms with Crippen LogP contribution in [0.15, 0.2) is 6.33 Å². The second-order valence-corrected chi connectivity index (χ2v) is 4.88. The van der Waals surface area contributed by atoms with Crippen LogP contribution in [-0.2, 0) is 4.79 Å². The lowest BCUT2D eigenvalue weighted by atomic mass is 10.1. The molecular formula is C11H19N5O. The lowest BCUT2D eigenvalue weighted by Crippen LogP contribution is -2.43. The van der Waals surface area contributed by atoms with Gasteiger partial charge in [0.05, 0.1) is 6.54 Å². The maximum atomic E-state index is 11.6. The number of rotatable bonds is 3. The van der Waals surface area contributed by atoms with Gasteiger partial charge in [0.2, 0.25) is 5.91 Å². The van der Waals surface area contributed by atoms with Crippen molar-refractivity contribution >= 4 is 17.5 Å². The predicted molar refractivity (Wildman–Crippen MR) is 67.6 cm³/mol. The highest BCUT2D eigenvalue weighted by molar-refractivity contribution is 5.81. The molecule has 4 N–H and O–H groups in total. The van der Waals surface area contributed by atoms with E-state index in [0.29, 0.717) is 11.6 Å². The molecular weight excluding hydrogens is 218 g/mol. The summed E-state index contributed by atoms with van der Waals surface area (Å²) in [6.07, 6.45) is 1.37. The van der Waals surface area contributed by atoms with Crippen LogP contribution in [-0.4, -0.2) is 28.0 Å². The van der Waals surface area contributed by atoms with E-state index in [1.807, 2.05) is 20.8 Å². The van der Waals surface area contributed by atoms with E-state index < -0.39 is 0 Å². The van der Waals surface area contributed by atoms with E-state index in [-0.39, 0.29) is 18.0 Å². The molecule has 0 saturated carbocycles. The monoisotopic (exact) mass is 237 g/mol. The van der Waals surface area contributed by atoms with Crippen molar-refractivity contribution in [3.8, 4) is 0 Å². The first-order valence-electron chi connectivity index (χ1n) is 5.41. The Kier molecular flexibility index (Phi) is 3.88. The molecule has 6 nitrogen and oxygen atoms in total. The van der Waals surface area contributed by atoms with Crippen LogP contribution in [0.1, 0.15) is 26.3 Å². The van der Waals surface area contributed by atoms with E-state index in [1.54, 1.807) is 6.92 Å². The molecule has 0 atom stereocenters. The summed E-state index contributed by atoms with van der Waals surface area (Å²) >= 11 is 0. The van der Waals surface area contributed by atoms with Crippen LogP contribution in [0.4, 0.5) is 11.6 Å². The summed E-state index contributed by atoms with van der Waals surface area (Å²) in [6.45, 7) is 7.75. The smallest absolute Gasteiger partial charge is 0.239 e. The van der Waals surface area contributed by atoms with E-state index in [9.17, 15) is 4.79 Å². The van der Waals surface area contributed by atoms with Crippen molar-refractivity contribution in [3.05, 3.63) is 11.9 Å². The van der Waals surface area contributed by atoms with Crippen molar-refractivity contribution in [2.75, 3.05) is 17.6 Å². The molecule has 0 aliphatic heterocycles. The third-order valence-electron chi connectivity index (χ3n) is 2.05. The number of nitrogens with two attached hydrogens (primary N) is 1. The van der Waals surface area contributed by atoms with Gasteiger partial charge in [-0.2, -0.15) is 0 Å². The van der Waals surface area contributed by atoms with Gasteiger partial charge in [0.1, 0.15) is 18.0 Å². The summed E-state index contributed by atoms with van der Waals surface area (Å²) in [4.78, 5) is 19.5. The molecule has 0 spiro atoms. The van der Waals surface area contributed by atoms with Gasteiger partial charge < -0.3 is 16.4 Å². The zero-order chi connectivity index (χ0) is 13.1. The SMILES string of the molecule is Cc1c(N)ncnc1NCC(=O)NC(C)(C)C. The number of amides is 1. The minimum absolute atomic E-state index is 0.0888. The topological polar surface area (TPSA) is 92.9 Å². The molecule has 0 aliphatic carbocycles. The Bertz CT molecular complexity index is 411. The largest absolute Gasteiger partial charge is 0.383 e. The number of hydrogen-bond acceptors (Lipinski definition) is 5. The van der Waals surface area contributed by atoms with Gasteiger partial charge >= 0.3 is 0 Å². The van der Waals surface area contributed by atoms with Gasteiger partial charge in [-0.15, -0.1) is 0 Å². The molecule has 0 bridgehead atoms. The van der Waals surface area contributed by atoms with E-state index in [2.05, 4.69) is 20.6 Å². The van der Waals surface area contributed by atoms with E-state index in [0.717, 1.165) is 5.56 Å². The van der Waals surface area contributed by atoms with Crippen LogP contribution in [0, 0.1) is 6.92 Å². The molecule has 6 heteroatoms. The van der Waals surface area contributed by atoms with Crippen molar-refractivity contribution in [2.24, 2.45) is 0 Å². The summed E-state index contributed by atoms with van der Waals surface area (Å²) in [7, 11) is 0. The Balaban J connectivity index is 2.56. The number of carbonyl (C=O) groups is 1. The third-order valence-corrected chi connectivity index (χ3v) is 2.05. The predicted octanol–water partition coefficient (Wildman–Crippen LogP) is 0.694. The Morgan fingerprint density at radius 2 is 2.06 bits per heavy atom. The molecule has 1 amide bonds. The third kappa shape index (κ3) is 4.26. The van der Waals surface area contributed by atoms with E-state index >= 15 is 0 Å². The number of anilines is 2. The van der Waals surface area contributed by atoms with Gasteiger partial charge in [-0.1, -0.05) is 0 Å². The van der Waals surface area contributed by atoms with E-state index in [4.69, 9.17) is 5.73 Å². The van der Waals surface area contributed by atoms with Crippen LogP contribution >= 0.6 is 0 Å². The fraction of sp³-hybridized carbons (Fsp3) is 0.545. The van der Waals surface area contributed by atoms with Crippen molar-refractivity contribution in [3.63, 3.8) is 0 Å². The molecule has 0 unspecified atom stereocenters. The van der Waals surface area contributed by atoms with Crippen LogP contribution in [0.2, 0.25) is 0 Å². The number of hydrogen-bond donors (Lipinski definition) is 3. The molecule has 1 rings (SSSR count). The zero-order valence-corrected chi connectivity index (χ0v) is 10.7. The van der Waals surface area contributed by atoms with Gasteiger partial charge in [-0.25, -0.2) is 9.97 Å². The van der Waals surface area contributed by atoms with Crippen LogP contribution in [0.3, 0.4) is 0 Å². The van der Waals surface area contributed by atoms with Gasteiger partial charge in [-0.05, 0) is 27.7 Å². The first kappa shape index (κ1) is 13.2. The molecule has 1 heterocycles. The quantitative estimate of drug-likeness (QED) is 0.719. The van der Waals surface area contributed by atoms with Crippen molar-refractivity contribution in [1.29, 1.82) is 0 Å². The lowest BCUT2D eigenvalue weighted by molar-refractivity contribution is -0.120. The highest BCUT2D eigenvalue weighted by Gasteiger charge is 2.13. The lowest BCUT2D eigenvalue weighted by Gasteiger charge is -2.20. The fourth-order valence-electron chi connectivity index (χ4n) is 1.27. The number of carbonyl (C=O) groups excluding carboxylic acids is 1. The summed E-state index contributed by atoms with van der Waals surface area (Å²) in [5, 5.41) is 5.78. The molecule has 17 heavy (non-hydrogen) atoms. The first-order valence-corrected chi connectivity index (χ1v) is 5.41. The summed E-state index contributed by atoms with van der Waals surface area (Å²) in [6, 6.07) is 0. The molecule has 1 aromatic rings. The highest BCUT2D eigenvalue weighted by atomic mass is 16.2. The Labute approximate surface area is 101 Å². The Morgan fingerprint density at radius 1 is 1.41 bits per heavy atom. The highest BCUT2D eigenvalue weighted by Crippen LogP contribution is 2.14. The average Bonchev–Trinajstić information content (AvgIpc) is 2.18. The van der Waals surface area contributed by atoms with Gasteiger partial charge in [0.15, 0.2) is 0 Å². The van der Waals surface area contributed by atoms with Crippen molar-refractivity contribution < 1.29 is 4.79 Å². The standard InChI is InChI=1S/C11H19N5O/c1-7-9(12)14-6-15-10(7)13-5-8(17)16-11(2,3)4/h6H,5H2,1-4H3,(H,16,17)(H3,12,13,14,15). The van der Waals surface area contributed by atoms with Gasteiger partial charge in [-0.3, -0.25) is 4.79 Å². The molecule has 0 aromatic carbocycles. The van der Waals surface area contributed by atoms with Crippen LogP contribution < -0.4 is 16.4 Å². The van der Waals surface area contributed by atoms with E-state index in [1.165, 1.54) is 6.33 Å². The second kappa shape index (κ2) is 4.99. The fourth-order valence-corrected chi connectivity index (χ4v) is 1.27. The van der Waals surface area contributed by atoms with Crippen molar-refractivity contribution in [1.82, 2.24) is 15.3 Å². The maximum Gasteiger partial charge on any atom is 0.239 e. The maximum absolute atomic E-state index is 11.6. The minimum atomic E-state index is -0.238. The molecule has 0 aliphatic rings.